The Labute approximate surface area is 87.7 Å². The number of carboxylic acid groups (broad SMARTS) is 1. The first-order chi connectivity index (χ1) is 6.96. The smallest absolute Gasteiger partial charge is 0.309 e. The van der Waals surface area contributed by atoms with Gasteiger partial charge in [-0.3, -0.25) is 4.79 Å². The first kappa shape index (κ1) is 10.8. The van der Waals surface area contributed by atoms with E-state index < -0.39 is 23.2 Å². The third kappa shape index (κ3) is 1.74. The lowest BCUT2D eigenvalue weighted by Gasteiger charge is -2.40. The lowest BCUT2D eigenvalue weighted by molar-refractivity contribution is -0.159. The van der Waals surface area contributed by atoms with Crippen LogP contribution in [0.2, 0.25) is 0 Å². The second kappa shape index (κ2) is 3.42. The van der Waals surface area contributed by atoms with E-state index in [0.717, 1.165) is 6.42 Å². The second-order valence-electron chi connectivity index (χ2n) is 4.99. The Balaban J connectivity index is 2.04. The van der Waals surface area contributed by atoms with E-state index in [4.69, 9.17) is 5.11 Å². The number of aliphatic carboxylic acids is 1. The van der Waals surface area contributed by atoms with Crippen LogP contribution in [0.3, 0.4) is 0 Å². The Morgan fingerprint density at radius 2 is 1.93 bits per heavy atom. The van der Waals surface area contributed by atoms with E-state index in [-0.39, 0.29) is 12.8 Å². The number of rotatable bonds is 3. The lowest BCUT2D eigenvalue weighted by Crippen LogP contribution is -2.41. The normalized spacial score (nSPS) is 32.3. The fourth-order valence-electron chi connectivity index (χ4n) is 2.83. The van der Waals surface area contributed by atoms with Crippen LogP contribution in [0.4, 0.5) is 8.78 Å². The van der Waals surface area contributed by atoms with Crippen LogP contribution in [-0.2, 0) is 4.79 Å². The molecule has 2 fully saturated rings. The molecule has 2 rings (SSSR count). The molecular formula is C11H16F2O2. The number of halogens is 2. The molecule has 1 N–H and O–H groups in total. The SMILES string of the molecule is O=C(O)C1(CC2CCCC2(F)F)CCC1. The summed E-state index contributed by atoms with van der Waals surface area (Å²) >= 11 is 0. The van der Waals surface area contributed by atoms with Crippen molar-refractivity contribution in [2.24, 2.45) is 11.3 Å². The van der Waals surface area contributed by atoms with E-state index in [2.05, 4.69) is 0 Å². The molecule has 0 aromatic heterocycles. The fraction of sp³-hybridized carbons (Fsp3) is 0.909. The predicted molar refractivity (Wildman–Crippen MR) is 50.8 cm³/mol. The maximum Gasteiger partial charge on any atom is 0.309 e. The van der Waals surface area contributed by atoms with Crippen LogP contribution in [0.15, 0.2) is 0 Å². The molecule has 2 nitrogen and oxygen atoms in total. The van der Waals surface area contributed by atoms with Gasteiger partial charge in [-0.15, -0.1) is 0 Å². The zero-order valence-electron chi connectivity index (χ0n) is 8.64. The summed E-state index contributed by atoms with van der Waals surface area (Å²) in [6.45, 7) is 0. The largest absolute Gasteiger partial charge is 0.481 e. The number of carbonyl (C=O) groups is 1. The van der Waals surface area contributed by atoms with Crippen molar-refractivity contribution in [3.05, 3.63) is 0 Å². The lowest BCUT2D eigenvalue weighted by atomic mass is 9.63. The van der Waals surface area contributed by atoms with Gasteiger partial charge in [0.1, 0.15) is 0 Å². The zero-order chi connectivity index (χ0) is 11.1. The summed E-state index contributed by atoms with van der Waals surface area (Å²) in [6.07, 6.45) is 3.16. The van der Waals surface area contributed by atoms with Gasteiger partial charge < -0.3 is 5.11 Å². The average molecular weight is 218 g/mol. The van der Waals surface area contributed by atoms with E-state index in [9.17, 15) is 13.6 Å². The molecule has 0 aliphatic heterocycles. The number of hydrogen-bond donors (Lipinski definition) is 1. The highest BCUT2D eigenvalue weighted by Crippen LogP contribution is 2.52. The maximum absolute atomic E-state index is 13.4. The molecule has 15 heavy (non-hydrogen) atoms. The first-order valence-electron chi connectivity index (χ1n) is 5.58. The average Bonchev–Trinajstić information content (AvgIpc) is 2.37. The number of alkyl halides is 2. The topological polar surface area (TPSA) is 37.3 Å². The van der Waals surface area contributed by atoms with Gasteiger partial charge in [0, 0.05) is 12.3 Å². The van der Waals surface area contributed by atoms with Crippen molar-refractivity contribution in [2.45, 2.75) is 50.9 Å². The molecule has 0 spiro atoms. The van der Waals surface area contributed by atoms with E-state index in [0.29, 0.717) is 25.7 Å². The summed E-state index contributed by atoms with van der Waals surface area (Å²) in [5.41, 5.74) is -0.821. The van der Waals surface area contributed by atoms with E-state index >= 15 is 0 Å². The molecule has 1 unspecified atom stereocenters. The van der Waals surface area contributed by atoms with Gasteiger partial charge in [0.2, 0.25) is 0 Å². The summed E-state index contributed by atoms with van der Waals surface area (Å²) < 4.78 is 26.7. The minimum atomic E-state index is -2.63. The molecule has 2 aliphatic rings. The highest BCUT2D eigenvalue weighted by Gasteiger charge is 2.52. The van der Waals surface area contributed by atoms with E-state index in [1.807, 2.05) is 0 Å². The highest BCUT2D eigenvalue weighted by molar-refractivity contribution is 5.75. The molecule has 0 aromatic carbocycles. The van der Waals surface area contributed by atoms with Crippen LogP contribution in [0.1, 0.15) is 44.9 Å². The van der Waals surface area contributed by atoms with Gasteiger partial charge in [-0.05, 0) is 32.1 Å². The monoisotopic (exact) mass is 218 g/mol. The Kier molecular flexibility index (Phi) is 2.47. The van der Waals surface area contributed by atoms with E-state index in [1.165, 1.54) is 0 Å². The quantitative estimate of drug-likeness (QED) is 0.790. The number of carboxylic acids is 1. The van der Waals surface area contributed by atoms with Gasteiger partial charge in [0.25, 0.3) is 5.92 Å². The third-order valence-corrected chi connectivity index (χ3v) is 4.06. The van der Waals surface area contributed by atoms with Crippen molar-refractivity contribution < 1.29 is 18.7 Å². The molecule has 2 aliphatic carbocycles. The van der Waals surface area contributed by atoms with Gasteiger partial charge >= 0.3 is 5.97 Å². The summed E-state index contributed by atoms with van der Waals surface area (Å²) in [6, 6.07) is 0. The predicted octanol–water partition coefficient (Wildman–Crippen LogP) is 3.07. The molecule has 86 valence electrons. The van der Waals surface area contributed by atoms with Gasteiger partial charge in [0.15, 0.2) is 0 Å². The highest BCUT2D eigenvalue weighted by atomic mass is 19.3. The van der Waals surface area contributed by atoms with Crippen LogP contribution in [0.5, 0.6) is 0 Å². The van der Waals surface area contributed by atoms with Crippen molar-refractivity contribution in [1.82, 2.24) is 0 Å². The standard InChI is InChI=1S/C11H16F2O2/c12-11(13)6-1-3-8(11)7-10(9(14)15)4-2-5-10/h8H,1-7H2,(H,14,15). The van der Waals surface area contributed by atoms with Gasteiger partial charge in [-0.25, -0.2) is 8.78 Å². The summed E-state index contributed by atoms with van der Waals surface area (Å²) in [5, 5.41) is 9.07. The Bertz CT molecular complexity index is 272. The van der Waals surface area contributed by atoms with Gasteiger partial charge in [-0.2, -0.15) is 0 Å². The minimum Gasteiger partial charge on any atom is -0.481 e. The van der Waals surface area contributed by atoms with Crippen LogP contribution in [0.25, 0.3) is 0 Å². The molecule has 0 heterocycles. The molecule has 0 saturated heterocycles. The first-order valence-corrected chi connectivity index (χ1v) is 5.58. The Morgan fingerprint density at radius 1 is 1.27 bits per heavy atom. The summed E-state index contributed by atoms with van der Waals surface area (Å²) in [7, 11) is 0. The summed E-state index contributed by atoms with van der Waals surface area (Å²) in [5.74, 6) is -4.21. The Hall–Kier alpha value is -0.670. The van der Waals surface area contributed by atoms with Gasteiger partial charge in [0.05, 0.1) is 5.41 Å². The zero-order valence-corrected chi connectivity index (χ0v) is 8.64. The van der Waals surface area contributed by atoms with Crippen molar-refractivity contribution in [1.29, 1.82) is 0 Å². The molecule has 0 aromatic rings. The maximum atomic E-state index is 13.4. The Morgan fingerprint density at radius 3 is 2.27 bits per heavy atom. The van der Waals surface area contributed by atoms with Crippen LogP contribution in [-0.4, -0.2) is 17.0 Å². The van der Waals surface area contributed by atoms with E-state index in [1.54, 1.807) is 0 Å². The van der Waals surface area contributed by atoms with Crippen molar-refractivity contribution in [3.8, 4) is 0 Å². The molecule has 2 saturated carbocycles. The molecule has 0 radical (unpaired) electrons. The van der Waals surface area contributed by atoms with Crippen LogP contribution >= 0.6 is 0 Å². The minimum absolute atomic E-state index is 0.0621. The van der Waals surface area contributed by atoms with Crippen LogP contribution in [0, 0.1) is 11.3 Å². The fourth-order valence-corrected chi connectivity index (χ4v) is 2.83. The van der Waals surface area contributed by atoms with Crippen molar-refractivity contribution in [3.63, 3.8) is 0 Å². The second-order valence-corrected chi connectivity index (χ2v) is 4.99. The van der Waals surface area contributed by atoms with Crippen molar-refractivity contribution in [2.75, 3.05) is 0 Å². The molecule has 0 bridgehead atoms. The summed E-state index contributed by atoms with van der Waals surface area (Å²) in [4.78, 5) is 11.1. The van der Waals surface area contributed by atoms with Crippen LogP contribution < -0.4 is 0 Å². The molecule has 1 atom stereocenters. The van der Waals surface area contributed by atoms with Crippen molar-refractivity contribution >= 4 is 5.97 Å². The number of hydrogen-bond acceptors (Lipinski definition) is 1. The van der Waals surface area contributed by atoms with Gasteiger partial charge in [-0.1, -0.05) is 6.42 Å². The third-order valence-electron chi connectivity index (χ3n) is 4.06. The molecular weight excluding hydrogens is 202 g/mol. The molecule has 0 amide bonds. The molecule has 4 heteroatoms.